The number of methoxy groups -OCH3 is 1. The average molecular weight is 498 g/mol. The first-order valence-electron chi connectivity index (χ1n) is 11.5. The summed E-state index contributed by atoms with van der Waals surface area (Å²) in [6.45, 7) is 5.73. The molecule has 0 aliphatic carbocycles. The van der Waals surface area contributed by atoms with Crippen LogP contribution in [-0.4, -0.2) is 17.9 Å². The number of hydrogen-bond acceptors (Lipinski definition) is 6. The van der Waals surface area contributed by atoms with Crippen LogP contribution in [0.2, 0.25) is 0 Å². The summed E-state index contributed by atoms with van der Waals surface area (Å²) in [5, 5.41) is 23.6. The van der Waals surface area contributed by atoms with E-state index < -0.39 is 10.8 Å². The van der Waals surface area contributed by atoms with Crippen LogP contribution in [-0.2, 0) is 17.8 Å². The number of non-ortho nitro benzene ring substituents is 1. The Bertz CT molecular complexity index is 1360. The van der Waals surface area contributed by atoms with Gasteiger partial charge in [-0.25, -0.2) is 0 Å². The van der Waals surface area contributed by atoms with Crippen molar-refractivity contribution in [2.75, 3.05) is 7.11 Å². The molecule has 3 rings (SSSR count). The van der Waals surface area contributed by atoms with Gasteiger partial charge in [-0.1, -0.05) is 48.5 Å². The van der Waals surface area contributed by atoms with Crippen molar-refractivity contribution in [2.45, 2.75) is 26.0 Å². The lowest BCUT2D eigenvalue weighted by atomic mass is 10.0. The monoisotopic (exact) mass is 497 g/mol. The van der Waals surface area contributed by atoms with Gasteiger partial charge in [-0.15, -0.1) is 6.58 Å². The Morgan fingerprint density at radius 3 is 2.59 bits per heavy atom. The van der Waals surface area contributed by atoms with Gasteiger partial charge in [0, 0.05) is 17.7 Å². The van der Waals surface area contributed by atoms with Crippen LogP contribution in [0.25, 0.3) is 6.08 Å². The highest BCUT2D eigenvalue weighted by Gasteiger charge is 2.17. The molecule has 0 saturated carbocycles. The van der Waals surface area contributed by atoms with Crippen LogP contribution in [0.4, 0.5) is 5.69 Å². The molecular weight excluding hydrogens is 470 g/mol. The smallest absolute Gasteiger partial charge is 0.269 e. The number of carbonyl (C=O) groups is 1. The minimum absolute atomic E-state index is 0.0243. The molecule has 0 fully saturated rings. The number of ether oxygens (including phenoxy) is 2. The van der Waals surface area contributed by atoms with Crippen molar-refractivity contribution < 1.29 is 19.2 Å². The van der Waals surface area contributed by atoms with E-state index in [0.717, 1.165) is 11.1 Å². The average Bonchev–Trinajstić information content (AvgIpc) is 2.91. The van der Waals surface area contributed by atoms with Gasteiger partial charge in [0.1, 0.15) is 18.2 Å². The predicted octanol–water partition coefficient (Wildman–Crippen LogP) is 5.70. The van der Waals surface area contributed by atoms with Crippen LogP contribution in [0.15, 0.2) is 85.0 Å². The minimum atomic E-state index is -0.492. The van der Waals surface area contributed by atoms with Crippen molar-refractivity contribution in [1.29, 1.82) is 5.26 Å². The van der Waals surface area contributed by atoms with Crippen molar-refractivity contribution in [2.24, 2.45) is 0 Å². The summed E-state index contributed by atoms with van der Waals surface area (Å²) in [4.78, 5) is 23.4. The normalized spacial score (nSPS) is 11.6. The molecule has 8 nitrogen and oxygen atoms in total. The first-order chi connectivity index (χ1) is 17.9. The molecule has 0 heterocycles. The largest absolute Gasteiger partial charge is 0.493 e. The Balaban J connectivity index is 1.87. The summed E-state index contributed by atoms with van der Waals surface area (Å²) in [7, 11) is 1.49. The molecule has 0 aliphatic rings. The zero-order valence-electron chi connectivity index (χ0n) is 20.6. The maximum Gasteiger partial charge on any atom is 0.269 e. The van der Waals surface area contributed by atoms with Gasteiger partial charge < -0.3 is 14.8 Å². The Kier molecular flexibility index (Phi) is 9.17. The van der Waals surface area contributed by atoms with E-state index in [2.05, 4.69) is 11.9 Å². The number of hydrogen-bond donors (Lipinski definition) is 1. The molecule has 1 atom stereocenters. The maximum atomic E-state index is 12.8. The zero-order valence-corrected chi connectivity index (χ0v) is 20.6. The molecule has 188 valence electrons. The fourth-order valence-electron chi connectivity index (χ4n) is 3.72. The van der Waals surface area contributed by atoms with Crippen LogP contribution in [0.1, 0.15) is 35.2 Å². The Hall–Kier alpha value is -4.90. The highest BCUT2D eigenvalue weighted by molar-refractivity contribution is 6.02. The van der Waals surface area contributed by atoms with Crippen LogP contribution in [0.5, 0.6) is 11.5 Å². The number of benzene rings is 3. The summed E-state index contributed by atoms with van der Waals surface area (Å²) in [5.41, 5.74) is 2.77. The van der Waals surface area contributed by atoms with E-state index in [4.69, 9.17) is 9.47 Å². The summed E-state index contributed by atoms with van der Waals surface area (Å²) in [6, 6.07) is 20.8. The van der Waals surface area contributed by atoms with E-state index >= 15 is 0 Å². The highest BCUT2D eigenvalue weighted by Crippen LogP contribution is 2.35. The summed E-state index contributed by atoms with van der Waals surface area (Å²) < 4.78 is 11.5. The first-order valence-corrected chi connectivity index (χ1v) is 11.5. The summed E-state index contributed by atoms with van der Waals surface area (Å²) in [6.07, 6.45) is 3.62. The number of nitro benzene ring substituents is 1. The number of carbonyl (C=O) groups excluding carboxylic acids is 1. The summed E-state index contributed by atoms with van der Waals surface area (Å²) in [5.74, 6) is 0.354. The van der Waals surface area contributed by atoms with Crippen LogP contribution in [0, 0.1) is 21.4 Å². The van der Waals surface area contributed by atoms with Crippen molar-refractivity contribution in [3.8, 4) is 17.6 Å². The van der Waals surface area contributed by atoms with Crippen molar-refractivity contribution in [3.63, 3.8) is 0 Å². The second kappa shape index (κ2) is 12.7. The van der Waals surface area contributed by atoms with Crippen molar-refractivity contribution in [3.05, 3.63) is 117 Å². The second-order valence-corrected chi connectivity index (χ2v) is 8.20. The Morgan fingerprint density at radius 2 is 1.95 bits per heavy atom. The number of allylic oxidation sites excluding steroid dienone is 1. The number of nitrogens with one attached hydrogen (secondary N) is 1. The Labute approximate surface area is 215 Å². The lowest BCUT2D eigenvalue weighted by Crippen LogP contribution is -2.27. The molecule has 1 amide bonds. The fraction of sp³-hybridized carbons (Fsp3) is 0.172. The SMILES string of the molecule is C=CCc1cc(/C=C(/C#N)C(=O)N[C@H](C)c2ccccc2)cc(OC)c1OCc1cccc([N+](=O)[O-])c1. The highest BCUT2D eigenvalue weighted by atomic mass is 16.6. The van der Waals surface area contributed by atoms with Gasteiger partial charge in [0.2, 0.25) is 0 Å². The molecule has 37 heavy (non-hydrogen) atoms. The molecule has 0 aromatic heterocycles. The van der Waals surface area contributed by atoms with Crippen LogP contribution >= 0.6 is 0 Å². The third kappa shape index (κ3) is 7.05. The van der Waals surface area contributed by atoms with Gasteiger partial charge in [-0.3, -0.25) is 14.9 Å². The van der Waals surface area contributed by atoms with Gasteiger partial charge in [0.05, 0.1) is 18.1 Å². The van der Waals surface area contributed by atoms with E-state index in [1.165, 1.54) is 25.3 Å². The molecule has 0 aliphatic heterocycles. The van der Waals surface area contributed by atoms with E-state index in [9.17, 15) is 20.2 Å². The number of nitro groups is 1. The van der Waals surface area contributed by atoms with E-state index in [1.54, 1.807) is 30.3 Å². The molecule has 3 aromatic carbocycles. The molecule has 0 unspecified atom stereocenters. The quantitative estimate of drug-likeness (QED) is 0.120. The fourth-order valence-corrected chi connectivity index (χ4v) is 3.72. The standard InChI is InChI=1S/C29H27N3O5/c1-4-9-24-14-22(15-25(18-30)29(33)31-20(2)23-11-6-5-7-12-23)17-27(36-3)28(24)37-19-21-10-8-13-26(16-21)32(34)35/h4-8,10-17,20H,1,9,19H2,2-3H3,(H,31,33)/b25-15-/t20-/m1/s1. The molecule has 0 spiro atoms. The van der Waals surface area contributed by atoms with Gasteiger partial charge in [0.15, 0.2) is 11.5 Å². The summed E-state index contributed by atoms with van der Waals surface area (Å²) >= 11 is 0. The van der Waals surface area contributed by atoms with E-state index in [0.29, 0.717) is 29.0 Å². The van der Waals surface area contributed by atoms with Gasteiger partial charge in [-0.2, -0.15) is 5.26 Å². The molecular formula is C29H27N3O5. The first kappa shape index (κ1) is 26.7. The van der Waals surface area contributed by atoms with E-state index in [-0.39, 0.29) is 23.9 Å². The molecule has 1 N–H and O–H groups in total. The lowest BCUT2D eigenvalue weighted by molar-refractivity contribution is -0.384. The number of nitrogens with zero attached hydrogens (tertiary/aromatic N) is 2. The van der Waals surface area contributed by atoms with Gasteiger partial charge in [0.25, 0.3) is 11.6 Å². The topological polar surface area (TPSA) is 114 Å². The van der Waals surface area contributed by atoms with Crippen molar-refractivity contribution in [1.82, 2.24) is 5.32 Å². The van der Waals surface area contributed by atoms with Crippen LogP contribution < -0.4 is 14.8 Å². The molecule has 0 saturated heterocycles. The van der Waals surface area contributed by atoms with E-state index in [1.807, 2.05) is 43.3 Å². The van der Waals surface area contributed by atoms with Gasteiger partial charge >= 0.3 is 0 Å². The maximum absolute atomic E-state index is 12.8. The molecule has 0 bridgehead atoms. The van der Waals surface area contributed by atoms with Crippen molar-refractivity contribution >= 4 is 17.7 Å². The predicted molar refractivity (Wildman–Crippen MR) is 141 cm³/mol. The van der Waals surface area contributed by atoms with Gasteiger partial charge in [-0.05, 0) is 48.2 Å². The lowest BCUT2D eigenvalue weighted by Gasteiger charge is -2.16. The number of amides is 1. The third-order valence-electron chi connectivity index (χ3n) is 5.57. The molecule has 0 radical (unpaired) electrons. The third-order valence-corrected chi connectivity index (χ3v) is 5.57. The second-order valence-electron chi connectivity index (χ2n) is 8.20. The minimum Gasteiger partial charge on any atom is -0.493 e. The number of rotatable bonds is 11. The molecule has 3 aromatic rings. The Morgan fingerprint density at radius 1 is 1.19 bits per heavy atom. The zero-order chi connectivity index (χ0) is 26.8. The number of nitriles is 1. The molecule has 8 heteroatoms. The van der Waals surface area contributed by atoms with Crippen LogP contribution in [0.3, 0.4) is 0 Å².